The molecule has 0 radical (unpaired) electrons. The number of aryl methyl sites for hydroxylation is 1. The zero-order valence-corrected chi connectivity index (χ0v) is 22.3. The van der Waals surface area contributed by atoms with Gasteiger partial charge in [-0.25, -0.2) is 4.79 Å². The van der Waals surface area contributed by atoms with Crippen LogP contribution in [0.2, 0.25) is 0 Å². The first-order valence-electron chi connectivity index (χ1n) is 12.6. The molecule has 1 N–H and O–H groups in total. The second-order valence-electron chi connectivity index (χ2n) is 9.44. The van der Waals surface area contributed by atoms with Crippen LogP contribution in [0.25, 0.3) is 5.69 Å². The monoisotopic (exact) mass is 519 g/mol. The number of methoxy groups -OCH3 is 1. The molecular weight excluding hydrogens is 486 g/mol. The van der Waals surface area contributed by atoms with Crippen molar-refractivity contribution >= 4 is 23.3 Å². The molecule has 2 fully saturated rings. The molecule has 0 bridgehead atoms. The number of nitrogens with zero attached hydrogens (tertiary/aromatic N) is 4. The Kier molecular flexibility index (Phi) is 7.55. The lowest BCUT2D eigenvalue weighted by Crippen LogP contribution is -2.42. The highest BCUT2D eigenvalue weighted by molar-refractivity contribution is 7.80. The summed E-state index contributed by atoms with van der Waals surface area (Å²) in [6.45, 7) is 9.27. The SMILES string of the molecule is COC(=O)c1ccccc1-n1c(C)cc([C@H]2[C@H](c3ccccn3)NC(=S)N2CCN2CCOCC2)c1C. The zero-order chi connectivity index (χ0) is 25.9. The van der Waals surface area contributed by atoms with Gasteiger partial charge < -0.3 is 24.3 Å². The molecule has 0 amide bonds. The van der Waals surface area contributed by atoms with Crippen molar-refractivity contribution < 1.29 is 14.3 Å². The van der Waals surface area contributed by atoms with Gasteiger partial charge >= 0.3 is 5.97 Å². The van der Waals surface area contributed by atoms with Crippen LogP contribution in [-0.4, -0.2) is 76.9 Å². The summed E-state index contributed by atoms with van der Waals surface area (Å²) >= 11 is 5.88. The van der Waals surface area contributed by atoms with Crippen molar-refractivity contribution in [2.75, 3.05) is 46.5 Å². The van der Waals surface area contributed by atoms with Gasteiger partial charge in [-0.2, -0.15) is 0 Å². The maximum Gasteiger partial charge on any atom is 0.339 e. The topological polar surface area (TPSA) is 71.9 Å². The molecule has 2 aromatic heterocycles. The third-order valence-corrected chi connectivity index (χ3v) is 7.65. The number of thiocarbonyl (C=S) groups is 1. The number of ether oxygens (including phenoxy) is 2. The lowest BCUT2D eigenvalue weighted by molar-refractivity contribution is 0.0350. The summed E-state index contributed by atoms with van der Waals surface area (Å²) in [5, 5.41) is 4.29. The van der Waals surface area contributed by atoms with Gasteiger partial charge in [-0.3, -0.25) is 9.88 Å². The van der Waals surface area contributed by atoms with E-state index in [-0.39, 0.29) is 18.1 Å². The molecule has 2 aliphatic heterocycles. The van der Waals surface area contributed by atoms with Crippen LogP contribution < -0.4 is 5.32 Å². The van der Waals surface area contributed by atoms with Crippen molar-refractivity contribution in [3.8, 4) is 5.69 Å². The summed E-state index contributed by atoms with van der Waals surface area (Å²) in [5.41, 5.74) is 5.53. The normalized spacial score (nSPS) is 20.2. The van der Waals surface area contributed by atoms with Crippen molar-refractivity contribution in [1.29, 1.82) is 0 Å². The van der Waals surface area contributed by atoms with Crippen molar-refractivity contribution in [2.45, 2.75) is 25.9 Å². The van der Waals surface area contributed by atoms with E-state index >= 15 is 0 Å². The Bertz CT molecular complexity index is 1270. The van der Waals surface area contributed by atoms with E-state index in [2.05, 4.69) is 44.6 Å². The number of pyridine rings is 1. The standard InChI is InChI=1S/C28H33N5O3S/c1-19-18-22(20(2)33(19)24-10-5-4-8-21(24)27(34)35-3)26-25(23-9-6-7-11-29-23)30-28(37)32(26)13-12-31-14-16-36-17-15-31/h4-11,18,25-26H,12-17H2,1-3H3,(H,30,37)/t25-,26-/m0/s1. The van der Waals surface area contributed by atoms with E-state index in [1.165, 1.54) is 7.11 Å². The summed E-state index contributed by atoms with van der Waals surface area (Å²) in [4.78, 5) is 22.0. The van der Waals surface area contributed by atoms with Gasteiger partial charge in [0.25, 0.3) is 0 Å². The zero-order valence-electron chi connectivity index (χ0n) is 21.5. The van der Waals surface area contributed by atoms with Crippen LogP contribution in [0, 0.1) is 13.8 Å². The first-order chi connectivity index (χ1) is 18.0. The molecule has 9 heteroatoms. The average Bonchev–Trinajstić information content (AvgIpc) is 3.42. The summed E-state index contributed by atoms with van der Waals surface area (Å²) < 4.78 is 12.7. The van der Waals surface area contributed by atoms with Gasteiger partial charge in [-0.1, -0.05) is 18.2 Å². The fraction of sp³-hybridized carbons (Fsp3) is 0.393. The van der Waals surface area contributed by atoms with Crippen molar-refractivity contribution in [3.05, 3.63) is 82.9 Å². The summed E-state index contributed by atoms with van der Waals surface area (Å²) in [6.07, 6.45) is 1.82. The highest BCUT2D eigenvalue weighted by Gasteiger charge is 2.41. The van der Waals surface area contributed by atoms with Crippen LogP contribution in [0.3, 0.4) is 0 Å². The molecule has 2 saturated heterocycles. The van der Waals surface area contributed by atoms with Gasteiger partial charge in [0.1, 0.15) is 0 Å². The smallest absolute Gasteiger partial charge is 0.339 e. The fourth-order valence-electron chi connectivity index (χ4n) is 5.47. The first kappa shape index (κ1) is 25.4. The lowest BCUT2D eigenvalue weighted by Gasteiger charge is -2.32. The minimum atomic E-state index is -0.355. The Labute approximate surface area is 223 Å². The molecule has 0 aliphatic carbocycles. The predicted molar refractivity (Wildman–Crippen MR) is 146 cm³/mol. The average molecular weight is 520 g/mol. The molecule has 8 nitrogen and oxygen atoms in total. The summed E-state index contributed by atoms with van der Waals surface area (Å²) in [7, 11) is 1.41. The molecule has 37 heavy (non-hydrogen) atoms. The summed E-state index contributed by atoms with van der Waals surface area (Å²) in [5.74, 6) is -0.355. The Hall–Kier alpha value is -3.27. The Morgan fingerprint density at radius 3 is 2.62 bits per heavy atom. The number of morpholine rings is 1. The second kappa shape index (κ2) is 11.0. The number of hydrogen-bond acceptors (Lipinski definition) is 6. The van der Waals surface area contributed by atoms with Crippen LogP contribution in [0.15, 0.2) is 54.7 Å². The van der Waals surface area contributed by atoms with Crippen LogP contribution in [0.1, 0.15) is 45.1 Å². The molecule has 5 rings (SSSR count). The van der Waals surface area contributed by atoms with E-state index in [1.54, 1.807) is 6.07 Å². The number of aromatic nitrogens is 2. The van der Waals surface area contributed by atoms with E-state index in [4.69, 9.17) is 21.7 Å². The van der Waals surface area contributed by atoms with Crippen LogP contribution in [0.5, 0.6) is 0 Å². The Balaban J connectivity index is 1.56. The number of carbonyl (C=O) groups excluding carboxylic acids is 1. The molecule has 1 aromatic carbocycles. The van der Waals surface area contributed by atoms with Crippen molar-refractivity contribution in [2.24, 2.45) is 0 Å². The Morgan fingerprint density at radius 1 is 1.14 bits per heavy atom. The number of hydrogen-bond donors (Lipinski definition) is 1. The van der Waals surface area contributed by atoms with Gasteiger partial charge in [-0.05, 0) is 62.0 Å². The molecule has 2 atom stereocenters. The third-order valence-electron chi connectivity index (χ3n) is 7.30. The predicted octanol–water partition coefficient (Wildman–Crippen LogP) is 3.58. The molecular formula is C28H33N5O3S. The molecule has 0 saturated carbocycles. The number of carbonyl (C=O) groups is 1. The van der Waals surface area contributed by atoms with E-state index in [1.807, 2.05) is 42.6 Å². The number of benzene rings is 1. The van der Waals surface area contributed by atoms with E-state index in [9.17, 15) is 4.79 Å². The van der Waals surface area contributed by atoms with Crippen LogP contribution in [-0.2, 0) is 9.47 Å². The fourth-order valence-corrected chi connectivity index (χ4v) is 5.80. The second-order valence-corrected chi connectivity index (χ2v) is 9.83. The Morgan fingerprint density at radius 2 is 1.89 bits per heavy atom. The largest absolute Gasteiger partial charge is 0.465 e. The quantitative estimate of drug-likeness (QED) is 0.375. The minimum Gasteiger partial charge on any atom is -0.465 e. The summed E-state index contributed by atoms with van der Waals surface area (Å²) in [6, 6.07) is 15.6. The van der Waals surface area contributed by atoms with Crippen LogP contribution >= 0.6 is 12.2 Å². The molecule has 3 aromatic rings. The van der Waals surface area contributed by atoms with Gasteiger partial charge in [0.05, 0.1) is 49.4 Å². The maximum atomic E-state index is 12.6. The lowest BCUT2D eigenvalue weighted by atomic mass is 9.96. The molecule has 0 unspecified atom stereocenters. The number of esters is 1. The number of nitrogens with one attached hydrogen (secondary N) is 1. The highest BCUT2D eigenvalue weighted by atomic mass is 32.1. The molecule has 4 heterocycles. The highest BCUT2D eigenvalue weighted by Crippen LogP contribution is 2.41. The van der Waals surface area contributed by atoms with Gasteiger partial charge in [0.2, 0.25) is 0 Å². The van der Waals surface area contributed by atoms with Gasteiger partial charge in [-0.15, -0.1) is 0 Å². The van der Waals surface area contributed by atoms with E-state index in [0.717, 1.165) is 72.8 Å². The van der Waals surface area contributed by atoms with Crippen molar-refractivity contribution in [1.82, 2.24) is 24.7 Å². The maximum absolute atomic E-state index is 12.6. The number of rotatable bonds is 7. The first-order valence-corrected chi connectivity index (χ1v) is 13.0. The van der Waals surface area contributed by atoms with E-state index in [0.29, 0.717) is 5.56 Å². The van der Waals surface area contributed by atoms with Crippen LogP contribution in [0.4, 0.5) is 0 Å². The third kappa shape index (κ3) is 4.99. The van der Waals surface area contributed by atoms with Gasteiger partial charge in [0, 0.05) is 43.8 Å². The van der Waals surface area contributed by atoms with Gasteiger partial charge in [0.15, 0.2) is 5.11 Å². The molecule has 0 spiro atoms. The van der Waals surface area contributed by atoms with Crippen molar-refractivity contribution in [3.63, 3.8) is 0 Å². The number of para-hydroxylation sites is 1. The van der Waals surface area contributed by atoms with E-state index < -0.39 is 0 Å². The molecule has 194 valence electrons. The minimum absolute atomic E-state index is 0.0475. The molecule has 2 aliphatic rings.